The van der Waals surface area contributed by atoms with Crippen LogP contribution in [0.15, 0.2) is 0 Å². The smallest absolute Gasteiger partial charge is 0.144 e. The number of carbonyl (C=O) groups excluding carboxylic acids is 1. The molecular weight excluding hydrogens is 364 g/mol. The van der Waals surface area contributed by atoms with Crippen LogP contribution in [0.25, 0.3) is 0 Å². The largest absolute Gasteiger partial charge is 0.389 e. The van der Waals surface area contributed by atoms with Gasteiger partial charge in [-0.1, -0.05) is 13.8 Å². The minimum atomic E-state index is -0.671. The summed E-state index contributed by atoms with van der Waals surface area (Å²) in [6.45, 7) is 6.60. The van der Waals surface area contributed by atoms with E-state index in [4.69, 9.17) is 10.1 Å². The molecule has 0 amide bonds. The third-order valence-electron chi connectivity index (χ3n) is 10.1. The maximum absolute atomic E-state index is 12.8. The number of nitrogens with one attached hydrogen (secondary N) is 2. The number of ether oxygens (including phenoxy) is 1. The van der Waals surface area contributed by atoms with Crippen molar-refractivity contribution >= 4 is 12.0 Å². The zero-order valence-corrected chi connectivity index (χ0v) is 18.1. The molecule has 4 aliphatic carbocycles. The lowest BCUT2D eigenvalue weighted by Crippen LogP contribution is -2.65. The summed E-state index contributed by atoms with van der Waals surface area (Å²) in [6, 6.07) is 0. The standard InChI is InChI=1S/C24H38N2O3/c1-15-11-24(28)12-16(29-17-7-10-26-13-17)5-8-22(24,2)18-6-9-23(14-25)19(21(15)18)3-4-20(23)27/h14-19,21,25-26,28H,3-13H2,1-2H3/t15-,16?,17-,18+,19+,21-,22-,23-,24-/m1/s1. The fourth-order valence-corrected chi connectivity index (χ4v) is 8.56. The maximum atomic E-state index is 12.8. The first-order valence-corrected chi connectivity index (χ1v) is 12.0. The van der Waals surface area contributed by atoms with Crippen LogP contribution >= 0.6 is 0 Å². The summed E-state index contributed by atoms with van der Waals surface area (Å²) in [5.74, 6) is 1.91. The molecule has 5 aliphatic rings. The average molecular weight is 403 g/mol. The monoisotopic (exact) mass is 402 g/mol. The Labute approximate surface area is 174 Å². The molecule has 0 aromatic rings. The number of hydrogen-bond acceptors (Lipinski definition) is 5. The first-order chi connectivity index (χ1) is 13.8. The minimum absolute atomic E-state index is 0.0994. The SMILES string of the molecule is C[C@@H]1C[C@@]2(O)CC(O[C@@H]3CCNC3)CC[C@]2(C)[C@H]2CC[C@]3(C=N)C(=O)CC[C@H]3[C@H]12. The van der Waals surface area contributed by atoms with Crippen molar-refractivity contribution in [3.8, 4) is 0 Å². The Kier molecular flexibility index (Phi) is 4.77. The van der Waals surface area contributed by atoms with Crippen molar-refractivity contribution in [1.82, 2.24) is 5.32 Å². The number of rotatable bonds is 3. The van der Waals surface area contributed by atoms with Crippen molar-refractivity contribution in [2.24, 2.45) is 34.5 Å². The fourth-order valence-electron chi connectivity index (χ4n) is 8.56. The van der Waals surface area contributed by atoms with Crippen LogP contribution in [0.5, 0.6) is 0 Å². The van der Waals surface area contributed by atoms with Gasteiger partial charge in [0.2, 0.25) is 0 Å². The van der Waals surface area contributed by atoms with Gasteiger partial charge < -0.3 is 20.6 Å². The van der Waals surface area contributed by atoms with Crippen LogP contribution < -0.4 is 5.32 Å². The molecule has 29 heavy (non-hydrogen) atoms. The zero-order chi connectivity index (χ0) is 20.4. The van der Waals surface area contributed by atoms with Gasteiger partial charge in [0.25, 0.3) is 0 Å². The Balaban J connectivity index is 1.40. The quantitative estimate of drug-likeness (QED) is 0.633. The molecule has 0 radical (unpaired) electrons. The second-order valence-corrected chi connectivity index (χ2v) is 11.2. The molecule has 4 saturated carbocycles. The number of carbonyl (C=O) groups is 1. The normalized spacial score (nSPS) is 54.5. The number of Topliss-reactive ketones (excluding diaryl/α,β-unsaturated/α-hetero) is 1. The van der Waals surface area contributed by atoms with E-state index >= 15 is 0 Å². The second kappa shape index (κ2) is 6.86. The Morgan fingerprint density at radius 3 is 2.69 bits per heavy atom. The predicted octanol–water partition coefficient (Wildman–Crippen LogP) is 3.34. The summed E-state index contributed by atoms with van der Waals surface area (Å²) in [7, 11) is 0. The predicted molar refractivity (Wildman–Crippen MR) is 112 cm³/mol. The molecule has 162 valence electrons. The lowest BCUT2D eigenvalue weighted by atomic mass is 9.41. The summed E-state index contributed by atoms with van der Waals surface area (Å²) in [4.78, 5) is 12.8. The number of ketones is 1. The van der Waals surface area contributed by atoms with Crippen LogP contribution in [0.3, 0.4) is 0 Å². The molecule has 1 aliphatic heterocycles. The highest BCUT2D eigenvalue weighted by Crippen LogP contribution is 2.67. The first-order valence-electron chi connectivity index (χ1n) is 12.0. The van der Waals surface area contributed by atoms with Crippen LogP contribution in [0, 0.1) is 39.9 Å². The highest BCUT2D eigenvalue weighted by Gasteiger charge is 2.67. The molecule has 0 aromatic carbocycles. The summed E-state index contributed by atoms with van der Waals surface area (Å²) >= 11 is 0. The van der Waals surface area contributed by atoms with Gasteiger partial charge in [-0.2, -0.15) is 0 Å². The molecule has 0 spiro atoms. The van der Waals surface area contributed by atoms with E-state index in [0.717, 1.165) is 64.5 Å². The summed E-state index contributed by atoms with van der Waals surface area (Å²) in [5.41, 5.74) is -1.27. The van der Waals surface area contributed by atoms with E-state index in [2.05, 4.69) is 19.2 Å². The third kappa shape index (κ3) is 2.76. The molecule has 1 heterocycles. The average Bonchev–Trinajstić information content (AvgIpc) is 3.31. The van der Waals surface area contributed by atoms with Gasteiger partial charge >= 0.3 is 0 Å². The minimum Gasteiger partial charge on any atom is -0.389 e. The molecule has 3 N–H and O–H groups in total. The molecule has 1 unspecified atom stereocenters. The highest BCUT2D eigenvalue weighted by molar-refractivity contribution is 6.01. The lowest BCUT2D eigenvalue weighted by Gasteiger charge is -2.65. The Bertz CT molecular complexity index is 692. The number of aliphatic hydroxyl groups is 1. The van der Waals surface area contributed by atoms with Gasteiger partial charge in [-0.15, -0.1) is 0 Å². The van der Waals surface area contributed by atoms with E-state index in [1.165, 1.54) is 6.21 Å². The second-order valence-electron chi connectivity index (χ2n) is 11.2. The topological polar surface area (TPSA) is 82.4 Å². The van der Waals surface area contributed by atoms with Crippen LogP contribution in [0.2, 0.25) is 0 Å². The van der Waals surface area contributed by atoms with Gasteiger partial charge in [0.1, 0.15) is 5.78 Å². The van der Waals surface area contributed by atoms with E-state index in [1.807, 2.05) is 0 Å². The molecular formula is C24H38N2O3. The molecule has 5 nitrogen and oxygen atoms in total. The summed E-state index contributed by atoms with van der Waals surface area (Å²) in [5, 5.41) is 23.5. The van der Waals surface area contributed by atoms with E-state index < -0.39 is 11.0 Å². The number of fused-ring (bicyclic) bond motifs is 5. The molecule has 0 bridgehead atoms. The molecule has 5 heteroatoms. The van der Waals surface area contributed by atoms with Gasteiger partial charge in [-0.25, -0.2) is 0 Å². The van der Waals surface area contributed by atoms with Crippen molar-refractivity contribution in [3.05, 3.63) is 0 Å². The van der Waals surface area contributed by atoms with Crippen LogP contribution in [-0.2, 0) is 9.53 Å². The molecule has 1 saturated heterocycles. The highest BCUT2D eigenvalue weighted by atomic mass is 16.5. The van der Waals surface area contributed by atoms with Crippen molar-refractivity contribution in [1.29, 1.82) is 5.41 Å². The molecule has 0 aromatic heterocycles. The van der Waals surface area contributed by atoms with Crippen molar-refractivity contribution in [2.45, 2.75) is 89.4 Å². The Morgan fingerprint density at radius 2 is 1.97 bits per heavy atom. The zero-order valence-electron chi connectivity index (χ0n) is 18.1. The van der Waals surface area contributed by atoms with Gasteiger partial charge in [-0.3, -0.25) is 4.79 Å². The summed E-state index contributed by atoms with van der Waals surface area (Å²) < 4.78 is 6.40. The first kappa shape index (κ1) is 20.1. The molecule has 5 rings (SSSR count). The van der Waals surface area contributed by atoms with E-state index in [1.54, 1.807) is 0 Å². The van der Waals surface area contributed by atoms with Crippen molar-refractivity contribution < 1.29 is 14.6 Å². The van der Waals surface area contributed by atoms with Crippen LogP contribution in [0.4, 0.5) is 0 Å². The van der Waals surface area contributed by atoms with E-state index in [9.17, 15) is 9.90 Å². The lowest BCUT2D eigenvalue weighted by molar-refractivity contribution is -0.236. The van der Waals surface area contributed by atoms with E-state index in [0.29, 0.717) is 42.0 Å². The van der Waals surface area contributed by atoms with Gasteiger partial charge in [0.15, 0.2) is 0 Å². The Hall–Kier alpha value is -0.780. The van der Waals surface area contributed by atoms with Gasteiger partial charge in [0.05, 0.1) is 23.2 Å². The number of hydrogen-bond donors (Lipinski definition) is 3. The van der Waals surface area contributed by atoms with Gasteiger partial charge in [-0.05, 0) is 80.6 Å². The maximum Gasteiger partial charge on any atom is 0.144 e. The van der Waals surface area contributed by atoms with E-state index in [-0.39, 0.29) is 11.5 Å². The summed E-state index contributed by atoms with van der Waals surface area (Å²) in [6.07, 6.45) is 10.0. The fraction of sp³-hybridized carbons (Fsp3) is 0.917. The molecule has 9 atom stereocenters. The Morgan fingerprint density at radius 1 is 1.14 bits per heavy atom. The van der Waals surface area contributed by atoms with Crippen LogP contribution in [0.1, 0.15) is 71.6 Å². The third-order valence-corrected chi connectivity index (χ3v) is 10.1. The van der Waals surface area contributed by atoms with Crippen molar-refractivity contribution in [3.63, 3.8) is 0 Å². The molecule has 5 fully saturated rings. The van der Waals surface area contributed by atoms with Gasteiger partial charge in [0, 0.05) is 25.6 Å². The van der Waals surface area contributed by atoms with Crippen LogP contribution in [-0.4, -0.2) is 48.0 Å². The van der Waals surface area contributed by atoms with Crippen molar-refractivity contribution in [2.75, 3.05) is 13.1 Å².